The van der Waals surface area contributed by atoms with Gasteiger partial charge in [0.25, 0.3) is 0 Å². The quantitative estimate of drug-likeness (QED) is 0.0952. The summed E-state index contributed by atoms with van der Waals surface area (Å²) in [5, 5.41) is 10.8. The standard InChI is InChI=1S/C40H56N4O12/c1-37(2,3)55-35(49)41-21-11-23-53-27-17-13-25(14-18-27)43-33(47)39(7)29(31(45)51-9)40(8,30(39)32(46)52-10)34(48)44-26-15-19-28(20-16-26)54-24-12-22-42-36(50)56-38(4,5)6/h13-20,29-30H,11-12,21-24H2,1-10H3,(H,41,49)(H,42,50)(H,43,47)(H,44,48). The van der Waals surface area contributed by atoms with E-state index in [9.17, 15) is 28.8 Å². The first-order chi connectivity index (χ1) is 26.1. The molecule has 0 atom stereocenters. The van der Waals surface area contributed by atoms with E-state index in [0.717, 1.165) is 14.2 Å². The van der Waals surface area contributed by atoms with Crippen molar-refractivity contribution in [3.8, 4) is 11.5 Å². The molecule has 4 N–H and O–H groups in total. The van der Waals surface area contributed by atoms with Crippen LogP contribution in [0.2, 0.25) is 0 Å². The number of alkyl carbamates (subject to hydrolysis) is 2. The van der Waals surface area contributed by atoms with Crippen LogP contribution in [0.4, 0.5) is 21.0 Å². The minimum absolute atomic E-state index is 0.302. The topological polar surface area (TPSA) is 206 Å². The van der Waals surface area contributed by atoms with Crippen LogP contribution in [0.15, 0.2) is 48.5 Å². The van der Waals surface area contributed by atoms with Gasteiger partial charge in [-0.05, 0) is 117 Å². The second kappa shape index (κ2) is 18.9. The fourth-order valence-corrected chi connectivity index (χ4v) is 6.56. The lowest BCUT2D eigenvalue weighted by Crippen LogP contribution is -2.74. The molecule has 0 bridgehead atoms. The average molecular weight is 785 g/mol. The third kappa shape index (κ3) is 11.7. The van der Waals surface area contributed by atoms with Crippen molar-refractivity contribution in [2.45, 2.75) is 79.4 Å². The maximum atomic E-state index is 14.0. The Hall–Kier alpha value is -5.54. The van der Waals surface area contributed by atoms with Crippen LogP contribution >= 0.6 is 0 Å². The Bertz CT molecular complexity index is 1560. The molecule has 0 spiro atoms. The molecule has 0 unspecified atom stereocenters. The van der Waals surface area contributed by atoms with Gasteiger partial charge in [-0.15, -0.1) is 0 Å². The van der Waals surface area contributed by atoms with Gasteiger partial charge in [-0.25, -0.2) is 9.59 Å². The molecule has 2 aromatic carbocycles. The summed E-state index contributed by atoms with van der Waals surface area (Å²) in [6.45, 7) is 14.8. The smallest absolute Gasteiger partial charge is 0.407 e. The van der Waals surface area contributed by atoms with Crippen molar-refractivity contribution in [2.75, 3.05) is 51.2 Å². The largest absolute Gasteiger partial charge is 0.494 e. The van der Waals surface area contributed by atoms with Gasteiger partial charge in [0.2, 0.25) is 11.8 Å². The van der Waals surface area contributed by atoms with Crippen molar-refractivity contribution in [2.24, 2.45) is 22.7 Å². The Morgan fingerprint density at radius 2 is 0.893 bits per heavy atom. The molecule has 16 nitrogen and oxygen atoms in total. The predicted octanol–water partition coefficient (Wildman–Crippen LogP) is 5.46. The van der Waals surface area contributed by atoms with E-state index in [-0.39, 0.29) is 0 Å². The molecule has 2 aromatic rings. The van der Waals surface area contributed by atoms with Crippen LogP contribution in [-0.4, -0.2) is 87.7 Å². The maximum absolute atomic E-state index is 14.0. The van der Waals surface area contributed by atoms with Gasteiger partial charge in [-0.2, -0.15) is 0 Å². The lowest BCUT2D eigenvalue weighted by molar-refractivity contribution is -0.215. The normalized spacial score (nSPS) is 20.2. The van der Waals surface area contributed by atoms with E-state index >= 15 is 0 Å². The van der Waals surface area contributed by atoms with Crippen molar-refractivity contribution < 1.29 is 57.2 Å². The number of esters is 2. The summed E-state index contributed by atoms with van der Waals surface area (Å²) in [6.07, 6.45) is 0.00712. The fraction of sp³-hybridized carbons (Fsp3) is 0.550. The molecule has 4 amide bonds. The molecule has 0 aliphatic heterocycles. The number of hydrogen-bond acceptors (Lipinski definition) is 12. The van der Waals surface area contributed by atoms with Crippen molar-refractivity contribution >= 4 is 47.3 Å². The van der Waals surface area contributed by atoms with Crippen LogP contribution < -0.4 is 30.7 Å². The summed E-state index contributed by atoms with van der Waals surface area (Å²) in [7, 11) is 2.28. The van der Waals surface area contributed by atoms with Gasteiger partial charge in [0.1, 0.15) is 22.7 Å². The van der Waals surface area contributed by atoms with E-state index in [4.69, 9.17) is 28.4 Å². The second-order valence-electron chi connectivity index (χ2n) is 15.7. The molecule has 0 saturated heterocycles. The van der Waals surface area contributed by atoms with Crippen LogP contribution in [0.1, 0.15) is 68.2 Å². The van der Waals surface area contributed by atoms with Crippen LogP contribution in [0.3, 0.4) is 0 Å². The first-order valence-corrected chi connectivity index (χ1v) is 18.3. The molecule has 1 aliphatic rings. The van der Waals surface area contributed by atoms with Crippen molar-refractivity contribution in [1.29, 1.82) is 0 Å². The van der Waals surface area contributed by atoms with Crippen LogP contribution in [0.25, 0.3) is 0 Å². The number of benzene rings is 2. The second-order valence-corrected chi connectivity index (χ2v) is 15.7. The monoisotopic (exact) mass is 784 g/mol. The molecule has 3 rings (SSSR count). The first kappa shape index (κ1) is 44.9. The molecule has 16 heteroatoms. The van der Waals surface area contributed by atoms with E-state index in [0.29, 0.717) is 62.0 Å². The third-order valence-electron chi connectivity index (χ3n) is 8.99. The third-order valence-corrected chi connectivity index (χ3v) is 8.99. The molecule has 0 radical (unpaired) electrons. The zero-order valence-corrected chi connectivity index (χ0v) is 33.9. The number of ether oxygens (including phenoxy) is 6. The van der Waals surface area contributed by atoms with Gasteiger partial charge < -0.3 is 49.7 Å². The molecule has 1 saturated carbocycles. The van der Waals surface area contributed by atoms with Crippen LogP contribution in [0.5, 0.6) is 11.5 Å². The molecule has 0 aromatic heterocycles. The van der Waals surface area contributed by atoms with Gasteiger partial charge >= 0.3 is 24.1 Å². The summed E-state index contributed by atoms with van der Waals surface area (Å²) in [6, 6.07) is 12.9. The van der Waals surface area contributed by atoms with Crippen molar-refractivity contribution in [1.82, 2.24) is 10.6 Å². The van der Waals surface area contributed by atoms with Gasteiger partial charge in [-0.1, -0.05) is 0 Å². The minimum atomic E-state index is -1.75. The van der Waals surface area contributed by atoms with Crippen molar-refractivity contribution in [3.63, 3.8) is 0 Å². The summed E-state index contributed by atoms with van der Waals surface area (Å²) in [5.74, 6) is -4.84. The van der Waals surface area contributed by atoms with Crippen molar-refractivity contribution in [3.05, 3.63) is 48.5 Å². The Morgan fingerprint density at radius 3 is 1.18 bits per heavy atom. The van der Waals surface area contributed by atoms with Gasteiger partial charge in [0.15, 0.2) is 0 Å². The van der Waals surface area contributed by atoms with Crippen LogP contribution in [0, 0.1) is 22.7 Å². The number of carbonyl (C=O) groups excluding carboxylic acids is 6. The number of amides is 4. The first-order valence-electron chi connectivity index (χ1n) is 18.3. The molecule has 1 fully saturated rings. The summed E-state index contributed by atoms with van der Waals surface area (Å²) >= 11 is 0. The van der Waals surface area contributed by atoms with E-state index < -0.39 is 69.8 Å². The highest BCUT2D eigenvalue weighted by Crippen LogP contribution is 2.65. The highest BCUT2D eigenvalue weighted by atomic mass is 16.6. The van der Waals surface area contributed by atoms with E-state index in [1.165, 1.54) is 13.8 Å². The van der Waals surface area contributed by atoms with Gasteiger partial charge in [0.05, 0.1) is 50.1 Å². The Morgan fingerprint density at radius 1 is 0.571 bits per heavy atom. The lowest BCUT2D eigenvalue weighted by atomic mass is 9.39. The Labute approximate surface area is 328 Å². The number of anilines is 2. The van der Waals surface area contributed by atoms with Crippen LogP contribution in [-0.2, 0) is 38.1 Å². The molecule has 56 heavy (non-hydrogen) atoms. The Balaban J connectivity index is 1.64. The van der Waals surface area contributed by atoms with E-state index in [1.807, 2.05) is 0 Å². The highest BCUT2D eigenvalue weighted by Gasteiger charge is 2.78. The molecule has 1 aliphatic carbocycles. The number of rotatable bonds is 16. The minimum Gasteiger partial charge on any atom is -0.494 e. The molecular formula is C40H56N4O12. The number of hydrogen-bond donors (Lipinski definition) is 4. The maximum Gasteiger partial charge on any atom is 0.407 e. The summed E-state index contributed by atoms with van der Waals surface area (Å²) in [4.78, 5) is 78.3. The lowest BCUT2D eigenvalue weighted by Gasteiger charge is -2.60. The zero-order chi connectivity index (χ0) is 41.9. The highest BCUT2D eigenvalue weighted by molar-refractivity contribution is 6.10. The molecule has 0 heterocycles. The fourth-order valence-electron chi connectivity index (χ4n) is 6.56. The predicted molar refractivity (Wildman–Crippen MR) is 206 cm³/mol. The number of carbonyl (C=O) groups is 6. The molecular weight excluding hydrogens is 728 g/mol. The summed E-state index contributed by atoms with van der Waals surface area (Å²) in [5.41, 5.74) is -4.00. The van der Waals surface area contributed by atoms with E-state index in [2.05, 4.69) is 21.3 Å². The van der Waals surface area contributed by atoms with Gasteiger partial charge in [0, 0.05) is 24.5 Å². The number of methoxy groups -OCH3 is 2. The summed E-state index contributed by atoms with van der Waals surface area (Å²) < 4.78 is 32.0. The van der Waals surface area contributed by atoms with Gasteiger partial charge in [-0.3, -0.25) is 19.2 Å². The zero-order valence-electron chi connectivity index (χ0n) is 33.9. The average Bonchev–Trinajstić information content (AvgIpc) is 3.10. The number of nitrogens with one attached hydrogen (secondary N) is 4. The van der Waals surface area contributed by atoms with E-state index in [1.54, 1.807) is 90.1 Å². The molecule has 308 valence electrons. The Kier molecular flexibility index (Phi) is 15.1. The SMILES string of the molecule is COC(=O)C1C(C)(C(=O)Nc2ccc(OCCCNC(=O)OC(C)(C)C)cc2)C(C(=O)OC)C1(C)C(=O)Nc1ccc(OCCCNC(=O)OC(C)(C)C)cc1.